The number of halogens is 1. The van der Waals surface area contributed by atoms with Crippen LogP contribution in [0.15, 0.2) is 27.1 Å². The van der Waals surface area contributed by atoms with E-state index in [2.05, 4.69) is 20.9 Å². The summed E-state index contributed by atoms with van der Waals surface area (Å²) in [6.07, 6.45) is 0. The second-order valence-corrected chi connectivity index (χ2v) is 3.33. The third-order valence-corrected chi connectivity index (χ3v) is 2.20. The molecule has 0 bridgehead atoms. The van der Waals surface area contributed by atoms with E-state index in [-0.39, 0.29) is 5.89 Å². The van der Waals surface area contributed by atoms with Gasteiger partial charge >= 0.3 is 5.91 Å². The van der Waals surface area contributed by atoms with Gasteiger partial charge in [-0.1, -0.05) is 6.07 Å². The molecular formula is C8H5BrN2O2. The Labute approximate surface area is 81.9 Å². The second kappa shape index (κ2) is 2.85. The Kier molecular flexibility index (Phi) is 1.81. The van der Waals surface area contributed by atoms with E-state index in [4.69, 9.17) is 10.2 Å². The van der Waals surface area contributed by atoms with Gasteiger partial charge in [0.1, 0.15) is 5.52 Å². The molecule has 0 radical (unpaired) electrons. The Bertz CT molecular complexity index is 478. The van der Waals surface area contributed by atoms with Crippen LogP contribution in [0.2, 0.25) is 0 Å². The molecule has 0 saturated carbocycles. The van der Waals surface area contributed by atoms with Crippen molar-refractivity contribution in [2.45, 2.75) is 0 Å². The Balaban J connectivity index is 2.75. The Morgan fingerprint density at radius 1 is 1.54 bits per heavy atom. The van der Waals surface area contributed by atoms with E-state index in [9.17, 15) is 4.79 Å². The molecule has 0 saturated heterocycles. The number of nitrogens with two attached hydrogens (primary N) is 1. The third-order valence-electron chi connectivity index (χ3n) is 1.58. The topological polar surface area (TPSA) is 69.1 Å². The number of benzene rings is 1. The predicted octanol–water partition coefficient (Wildman–Crippen LogP) is 1.69. The van der Waals surface area contributed by atoms with Crippen LogP contribution in [0, 0.1) is 0 Å². The maximum atomic E-state index is 10.7. The van der Waals surface area contributed by atoms with Crippen LogP contribution in [0.5, 0.6) is 0 Å². The number of oxazole rings is 1. The van der Waals surface area contributed by atoms with Gasteiger partial charge in [0.05, 0.1) is 4.47 Å². The average Bonchev–Trinajstić information content (AvgIpc) is 2.49. The lowest BCUT2D eigenvalue weighted by Crippen LogP contribution is -2.10. The largest absolute Gasteiger partial charge is 0.431 e. The first-order chi connectivity index (χ1) is 6.18. The Hall–Kier alpha value is -1.36. The van der Waals surface area contributed by atoms with Gasteiger partial charge in [-0.05, 0) is 28.1 Å². The summed E-state index contributed by atoms with van der Waals surface area (Å²) in [5.74, 6) is -0.731. The van der Waals surface area contributed by atoms with E-state index in [1.165, 1.54) is 0 Å². The van der Waals surface area contributed by atoms with E-state index in [1.807, 2.05) is 0 Å². The van der Waals surface area contributed by atoms with Crippen molar-refractivity contribution >= 4 is 32.9 Å². The first-order valence-electron chi connectivity index (χ1n) is 3.53. The van der Waals surface area contributed by atoms with Crippen LogP contribution < -0.4 is 5.73 Å². The second-order valence-electron chi connectivity index (χ2n) is 2.47. The van der Waals surface area contributed by atoms with Gasteiger partial charge in [-0.2, -0.15) is 0 Å². The van der Waals surface area contributed by atoms with Crippen LogP contribution in [-0.4, -0.2) is 10.9 Å². The predicted molar refractivity (Wildman–Crippen MR) is 50.2 cm³/mol. The maximum Gasteiger partial charge on any atom is 0.304 e. The zero-order valence-corrected chi connectivity index (χ0v) is 8.04. The maximum absolute atomic E-state index is 10.7. The summed E-state index contributed by atoms with van der Waals surface area (Å²) in [4.78, 5) is 14.6. The van der Waals surface area contributed by atoms with E-state index in [1.54, 1.807) is 18.2 Å². The summed E-state index contributed by atoms with van der Waals surface area (Å²) in [5, 5.41) is 0. The minimum atomic E-state index is -0.664. The molecule has 0 atom stereocenters. The summed E-state index contributed by atoms with van der Waals surface area (Å²) < 4.78 is 5.88. The summed E-state index contributed by atoms with van der Waals surface area (Å²) in [5.41, 5.74) is 6.17. The first kappa shape index (κ1) is 8.25. The SMILES string of the molecule is NC(=O)c1nc2cccc(Br)c2o1. The van der Waals surface area contributed by atoms with Crippen LogP contribution >= 0.6 is 15.9 Å². The highest BCUT2D eigenvalue weighted by Crippen LogP contribution is 2.23. The molecule has 0 aliphatic rings. The highest BCUT2D eigenvalue weighted by Gasteiger charge is 2.11. The van der Waals surface area contributed by atoms with Gasteiger partial charge in [-0.3, -0.25) is 4.79 Å². The van der Waals surface area contributed by atoms with Crippen LogP contribution in [0.4, 0.5) is 0 Å². The summed E-state index contributed by atoms with van der Waals surface area (Å²) >= 11 is 3.27. The van der Waals surface area contributed by atoms with Gasteiger partial charge in [0.2, 0.25) is 0 Å². The minimum Gasteiger partial charge on any atom is -0.431 e. The molecule has 0 aliphatic heterocycles. The molecule has 1 aromatic heterocycles. The molecule has 0 unspecified atom stereocenters. The zero-order valence-electron chi connectivity index (χ0n) is 6.45. The van der Waals surface area contributed by atoms with E-state index >= 15 is 0 Å². The molecule has 5 heteroatoms. The lowest BCUT2D eigenvalue weighted by molar-refractivity contribution is 0.0969. The highest BCUT2D eigenvalue weighted by molar-refractivity contribution is 9.10. The zero-order chi connectivity index (χ0) is 9.42. The van der Waals surface area contributed by atoms with Gasteiger partial charge in [0.15, 0.2) is 5.58 Å². The number of carbonyl (C=O) groups excluding carboxylic acids is 1. The van der Waals surface area contributed by atoms with E-state index in [0.717, 1.165) is 4.47 Å². The van der Waals surface area contributed by atoms with Crippen molar-refractivity contribution < 1.29 is 9.21 Å². The quantitative estimate of drug-likeness (QED) is 0.825. The summed E-state index contributed by atoms with van der Waals surface area (Å²) in [7, 11) is 0. The molecule has 1 aromatic carbocycles. The minimum absolute atomic E-state index is 0.0677. The van der Waals surface area contributed by atoms with Crippen LogP contribution in [0.3, 0.4) is 0 Å². The molecule has 0 aliphatic carbocycles. The van der Waals surface area contributed by atoms with E-state index in [0.29, 0.717) is 11.1 Å². The van der Waals surface area contributed by atoms with E-state index < -0.39 is 5.91 Å². The number of primary amides is 1. The van der Waals surface area contributed by atoms with Crippen molar-refractivity contribution in [3.63, 3.8) is 0 Å². The van der Waals surface area contributed by atoms with Crippen molar-refractivity contribution in [1.29, 1.82) is 0 Å². The van der Waals surface area contributed by atoms with Crippen molar-refractivity contribution in [2.75, 3.05) is 0 Å². The lowest BCUT2D eigenvalue weighted by Gasteiger charge is -1.87. The van der Waals surface area contributed by atoms with Crippen LogP contribution in [0.1, 0.15) is 10.7 Å². The number of nitrogens with zero attached hydrogens (tertiary/aromatic N) is 1. The molecule has 2 rings (SSSR count). The smallest absolute Gasteiger partial charge is 0.304 e. The number of hydrogen-bond acceptors (Lipinski definition) is 3. The molecule has 1 amide bonds. The number of carbonyl (C=O) groups is 1. The van der Waals surface area contributed by atoms with Gasteiger partial charge in [0.25, 0.3) is 5.89 Å². The normalized spacial score (nSPS) is 10.5. The number of hydrogen-bond donors (Lipinski definition) is 1. The number of aromatic nitrogens is 1. The molecule has 66 valence electrons. The molecule has 2 aromatic rings. The number of amides is 1. The lowest BCUT2D eigenvalue weighted by atomic mass is 10.3. The first-order valence-corrected chi connectivity index (χ1v) is 4.32. The molecule has 0 spiro atoms. The summed E-state index contributed by atoms with van der Waals surface area (Å²) in [6.45, 7) is 0. The average molecular weight is 241 g/mol. The highest BCUT2D eigenvalue weighted by atomic mass is 79.9. The number of fused-ring (bicyclic) bond motifs is 1. The number of rotatable bonds is 1. The number of para-hydroxylation sites is 1. The van der Waals surface area contributed by atoms with Crippen molar-refractivity contribution in [3.05, 3.63) is 28.6 Å². The molecule has 13 heavy (non-hydrogen) atoms. The molecule has 1 heterocycles. The standard InChI is InChI=1S/C8H5BrN2O2/c9-4-2-1-3-5-6(4)13-8(11-5)7(10)12/h1-3H,(H2,10,12). The molecule has 2 N–H and O–H groups in total. The van der Waals surface area contributed by atoms with Crippen molar-refractivity contribution in [3.8, 4) is 0 Å². The fourth-order valence-corrected chi connectivity index (χ4v) is 1.46. The molecular weight excluding hydrogens is 236 g/mol. The van der Waals surface area contributed by atoms with Crippen LogP contribution in [0.25, 0.3) is 11.1 Å². The summed E-state index contributed by atoms with van der Waals surface area (Å²) in [6, 6.07) is 5.36. The monoisotopic (exact) mass is 240 g/mol. The van der Waals surface area contributed by atoms with Gasteiger partial charge in [-0.25, -0.2) is 4.98 Å². The van der Waals surface area contributed by atoms with Crippen molar-refractivity contribution in [1.82, 2.24) is 4.98 Å². The van der Waals surface area contributed by atoms with Gasteiger partial charge < -0.3 is 10.2 Å². The Morgan fingerprint density at radius 2 is 2.31 bits per heavy atom. The third kappa shape index (κ3) is 1.31. The molecule has 0 fully saturated rings. The Morgan fingerprint density at radius 3 is 2.92 bits per heavy atom. The fraction of sp³-hybridized carbons (Fsp3) is 0. The molecule has 4 nitrogen and oxygen atoms in total. The van der Waals surface area contributed by atoms with Crippen molar-refractivity contribution in [2.24, 2.45) is 5.73 Å². The fourth-order valence-electron chi connectivity index (χ4n) is 1.02. The van der Waals surface area contributed by atoms with Gasteiger partial charge in [0, 0.05) is 0 Å². The van der Waals surface area contributed by atoms with Crippen LogP contribution in [-0.2, 0) is 0 Å². The van der Waals surface area contributed by atoms with Gasteiger partial charge in [-0.15, -0.1) is 0 Å².